The predicted octanol–water partition coefficient (Wildman–Crippen LogP) is 1.73. The first-order valence-corrected chi connectivity index (χ1v) is 6.27. The predicted molar refractivity (Wildman–Crippen MR) is 72.8 cm³/mol. The molecule has 1 unspecified atom stereocenters. The van der Waals surface area contributed by atoms with Crippen LogP contribution in [0.25, 0.3) is 0 Å². The third-order valence-electron chi connectivity index (χ3n) is 3.13. The number of hydrazine groups is 1. The van der Waals surface area contributed by atoms with Crippen molar-refractivity contribution in [2.75, 3.05) is 0 Å². The molecule has 0 fully saturated rings. The van der Waals surface area contributed by atoms with Gasteiger partial charge in [-0.1, -0.05) is 37.3 Å². The quantitative estimate of drug-likeness (QED) is 0.622. The van der Waals surface area contributed by atoms with Gasteiger partial charge in [0, 0.05) is 18.8 Å². The van der Waals surface area contributed by atoms with E-state index in [9.17, 15) is 0 Å². The van der Waals surface area contributed by atoms with Gasteiger partial charge in [-0.2, -0.15) is 5.10 Å². The molecule has 3 N–H and O–H groups in total. The summed E-state index contributed by atoms with van der Waals surface area (Å²) in [5, 5.41) is 4.46. The molecule has 1 heterocycles. The first-order valence-electron chi connectivity index (χ1n) is 6.27. The minimum absolute atomic E-state index is 0.107. The van der Waals surface area contributed by atoms with Gasteiger partial charge in [0.25, 0.3) is 0 Å². The zero-order valence-corrected chi connectivity index (χ0v) is 10.9. The Kier molecular flexibility index (Phi) is 4.12. The molecule has 0 saturated heterocycles. The highest BCUT2D eigenvalue weighted by Crippen LogP contribution is 2.21. The van der Waals surface area contributed by atoms with Crippen molar-refractivity contribution in [3.05, 3.63) is 53.3 Å². The van der Waals surface area contributed by atoms with Crippen LogP contribution in [0.2, 0.25) is 0 Å². The van der Waals surface area contributed by atoms with Crippen LogP contribution >= 0.6 is 0 Å². The lowest BCUT2D eigenvalue weighted by Gasteiger charge is -2.15. The summed E-state index contributed by atoms with van der Waals surface area (Å²) >= 11 is 0. The summed E-state index contributed by atoms with van der Waals surface area (Å²) in [6, 6.07) is 10.5. The van der Waals surface area contributed by atoms with Crippen molar-refractivity contribution in [2.45, 2.75) is 25.8 Å². The van der Waals surface area contributed by atoms with Crippen molar-refractivity contribution in [1.29, 1.82) is 0 Å². The standard InChI is InChI=1S/C14H20N4/c1-3-13-12(10-18(2)17-13)14(16-15)9-11-7-5-4-6-8-11/h4-8,10,14,16H,3,9,15H2,1-2H3. The fourth-order valence-corrected chi connectivity index (χ4v) is 2.23. The van der Waals surface area contributed by atoms with Gasteiger partial charge in [0.15, 0.2) is 0 Å². The Morgan fingerprint density at radius 3 is 2.67 bits per heavy atom. The molecular weight excluding hydrogens is 224 g/mol. The Morgan fingerprint density at radius 1 is 1.33 bits per heavy atom. The Hall–Kier alpha value is -1.65. The summed E-state index contributed by atoms with van der Waals surface area (Å²) in [5.74, 6) is 5.70. The van der Waals surface area contributed by atoms with E-state index in [2.05, 4.69) is 29.6 Å². The number of benzene rings is 1. The van der Waals surface area contributed by atoms with Crippen LogP contribution in [0.1, 0.15) is 29.8 Å². The third-order valence-corrected chi connectivity index (χ3v) is 3.13. The number of hydrogen-bond acceptors (Lipinski definition) is 3. The normalized spacial score (nSPS) is 12.6. The van der Waals surface area contributed by atoms with E-state index in [1.54, 1.807) is 0 Å². The van der Waals surface area contributed by atoms with Crippen LogP contribution in [-0.2, 0) is 19.9 Å². The van der Waals surface area contributed by atoms with Gasteiger partial charge in [0.2, 0.25) is 0 Å². The summed E-state index contributed by atoms with van der Waals surface area (Å²) in [6.45, 7) is 2.11. The molecule has 4 heteroatoms. The second kappa shape index (κ2) is 5.80. The van der Waals surface area contributed by atoms with E-state index < -0.39 is 0 Å². The average Bonchev–Trinajstić information content (AvgIpc) is 2.78. The van der Waals surface area contributed by atoms with E-state index in [0.717, 1.165) is 18.5 Å². The smallest absolute Gasteiger partial charge is 0.0670 e. The molecule has 96 valence electrons. The number of hydrogen-bond donors (Lipinski definition) is 2. The van der Waals surface area contributed by atoms with Crippen LogP contribution in [0.4, 0.5) is 0 Å². The van der Waals surface area contributed by atoms with Crippen molar-refractivity contribution in [3.63, 3.8) is 0 Å². The van der Waals surface area contributed by atoms with E-state index in [0.29, 0.717) is 0 Å². The van der Waals surface area contributed by atoms with Gasteiger partial charge < -0.3 is 0 Å². The summed E-state index contributed by atoms with van der Waals surface area (Å²) in [6.07, 6.45) is 3.84. The van der Waals surface area contributed by atoms with Crippen molar-refractivity contribution in [1.82, 2.24) is 15.2 Å². The Morgan fingerprint density at radius 2 is 2.06 bits per heavy atom. The molecule has 0 spiro atoms. The Labute approximate surface area is 108 Å². The lowest BCUT2D eigenvalue weighted by molar-refractivity contribution is 0.547. The second-order valence-electron chi connectivity index (χ2n) is 4.47. The maximum absolute atomic E-state index is 5.70. The molecule has 18 heavy (non-hydrogen) atoms. The number of nitrogens with one attached hydrogen (secondary N) is 1. The molecule has 0 aliphatic heterocycles. The van der Waals surface area contributed by atoms with Crippen molar-refractivity contribution in [2.24, 2.45) is 12.9 Å². The van der Waals surface area contributed by atoms with Gasteiger partial charge in [-0.15, -0.1) is 0 Å². The first-order chi connectivity index (χ1) is 8.74. The molecule has 1 aromatic carbocycles. The average molecular weight is 244 g/mol. The number of nitrogens with zero attached hydrogens (tertiary/aromatic N) is 2. The number of aromatic nitrogens is 2. The molecule has 0 aliphatic carbocycles. The molecule has 0 bridgehead atoms. The topological polar surface area (TPSA) is 55.9 Å². The molecule has 0 aliphatic rings. The van der Waals surface area contributed by atoms with Crippen molar-refractivity contribution < 1.29 is 0 Å². The lowest BCUT2D eigenvalue weighted by atomic mass is 9.99. The SMILES string of the molecule is CCc1nn(C)cc1C(Cc1ccccc1)NN. The zero-order chi connectivity index (χ0) is 13.0. The second-order valence-corrected chi connectivity index (χ2v) is 4.47. The van der Waals surface area contributed by atoms with Gasteiger partial charge in [-0.05, 0) is 18.4 Å². The molecule has 2 rings (SSSR count). The van der Waals surface area contributed by atoms with E-state index in [4.69, 9.17) is 5.84 Å². The number of rotatable bonds is 5. The highest BCUT2D eigenvalue weighted by atomic mass is 15.3. The molecular formula is C14H20N4. The highest BCUT2D eigenvalue weighted by molar-refractivity contribution is 5.25. The zero-order valence-electron chi connectivity index (χ0n) is 10.9. The molecule has 0 saturated carbocycles. The molecule has 4 nitrogen and oxygen atoms in total. The van der Waals surface area contributed by atoms with Crippen LogP contribution in [0.5, 0.6) is 0 Å². The van der Waals surface area contributed by atoms with Crippen LogP contribution in [-0.4, -0.2) is 9.78 Å². The van der Waals surface area contributed by atoms with Crippen LogP contribution in [0.3, 0.4) is 0 Å². The Balaban J connectivity index is 2.22. The largest absolute Gasteiger partial charge is 0.275 e. The molecule has 1 aromatic heterocycles. The Bertz CT molecular complexity index is 490. The van der Waals surface area contributed by atoms with E-state index in [-0.39, 0.29) is 6.04 Å². The fourth-order valence-electron chi connectivity index (χ4n) is 2.23. The maximum atomic E-state index is 5.70. The maximum Gasteiger partial charge on any atom is 0.0670 e. The lowest BCUT2D eigenvalue weighted by Crippen LogP contribution is -2.30. The van der Waals surface area contributed by atoms with Crippen LogP contribution in [0.15, 0.2) is 36.5 Å². The van der Waals surface area contributed by atoms with E-state index in [1.165, 1.54) is 11.1 Å². The summed E-state index contributed by atoms with van der Waals surface area (Å²) in [4.78, 5) is 0. The summed E-state index contributed by atoms with van der Waals surface area (Å²) in [7, 11) is 1.94. The van der Waals surface area contributed by atoms with E-state index >= 15 is 0 Å². The third kappa shape index (κ3) is 2.78. The van der Waals surface area contributed by atoms with Gasteiger partial charge in [-0.3, -0.25) is 16.0 Å². The molecule has 0 amide bonds. The molecule has 1 atom stereocenters. The van der Waals surface area contributed by atoms with Gasteiger partial charge >= 0.3 is 0 Å². The monoisotopic (exact) mass is 244 g/mol. The van der Waals surface area contributed by atoms with Gasteiger partial charge in [0.05, 0.1) is 11.7 Å². The number of nitrogens with two attached hydrogens (primary N) is 1. The summed E-state index contributed by atoms with van der Waals surface area (Å²) < 4.78 is 1.85. The minimum Gasteiger partial charge on any atom is -0.275 e. The molecule has 0 radical (unpaired) electrons. The number of aryl methyl sites for hydroxylation is 2. The van der Waals surface area contributed by atoms with Gasteiger partial charge in [-0.25, -0.2) is 0 Å². The minimum atomic E-state index is 0.107. The van der Waals surface area contributed by atoms with Crippen LogP contribution in [0, 0.1) is 0 Å². The van der Waals surface area contributed by atoms with Crippen molar-refractivity contribution >= 4 is 0 Å². The van der Waals surface area contributed by atoms with E-state index in [1.807, 2.05) is 36.1 Å². The highest BCUT2D eigenvalue weighted by Gasteiger charge is 2.16. The van der Waals surface area contributed by atoms with Crippen LogP contribution < -0.4 is 11.3 Å². The fraction of sp³-hybridized carbons (Fsp3) is 0.357. The van der Waals surface area contributed by atoms with Crippen molar-refractivity contribution in [3.8, 4) is 0 Å². The summed E-state index contributed by atoms with van der Waals surface area (Å²) in [5.41, 5.74) is 6.47. The van der Waals surface area contributed by atoms with Gasteiger partial charge in [0.1, 0.15) is 0 Å². The first kappa shape index (κ1) is 12.8. The molecule has 2 aromatic rings.